The van der Waals surface area contributed by atoms with Crippen LogP contribution < -0.4 is 14.4 Å². The fourth-order valence-corrected chi connectivity index (χ4v) is 7.91. The maximum atomic E-state index is 14.7. The van der Waals surface area contributed by atoms with Crippen LogP contribution in [-0.2, 0) is 32.6 Å². The van der Waals surface area contributed by atoms with Crippen molar-refractivity contribution < 1.29 is 22.7 Å². The number of amides is 2. The van der Waals surface area contributed by atoms with Crippen LogP contribution in [0.4, 0.5) is 5.69 Å². The van der Waals surface area contributed by atoms with Crippen molar-refractivity contribution in [1.82, 2.24) is 10.2 Å². The molecule has 0 aliphatic heterocycles. The van der Waals surface area contributed by atoms with Gasteiger partial charge in [-0.2, -0.15) is 0 Å². The van der Waals surface area contributed by atoms with Crippen LogP contribution in [0, 0.1) is 6.92 Å². The van der Waals surface area contributed by atoms with Gasteiger partial charge in [-0.3, -0.25) is 13.9 Å². The van der Waals surface area contributed by atoms with E-state index in [-0.39, 0.29) is 45.5 Å². The monoisotopic (exact) mass is 741 g/mol. The second-order valence-electron chi connectivity index (χ2n) is 12.1. The van der Waals surface area contributed by atoms with Crippen molar-refractivity contribution in [2.75, 3.05) is 18.0 Å². The summed E-state index contributed by atoms with van der Waals surface area (Å²) in [4.78, 5) is 30.3. The first-order chi connectivity index (χ1) is 23.5. The molecule has 0 spiro atoms. The SMILES string of the molecule is COc1ccc(N(CC(=O)N(Cc2ccc(Cl)c(Cl)c2)C(Cc2ccccc2)C(=O)NC2CCCC2)S(=O)(=O)c2ccc(C)cc2)cc1Cl. The van der Waals surface area contributed by atoms with Crippen molar-refractivity contribution in [3.05, 3.63) is 123 Å². The van der Waals surface area contributed by atoms with Crippen molar-refractivity contribution in [3.8, 4) is 5.75 Å². The zero-order valence-electron chi connectivity index (χ0n) is 27.2. The molecule has 8 nitrogen and oxygen atoms in total. The molecule has 1 unspecified atom stereocenters. The van der Waals surface area contributed by atoms with Crippen molar-refractivity contribution in [1.29, 1.82) is 0 Å². The van der Waals surface area contributed by atoms with E-state index in [9.17, 15) is 18.0 Å². The minimum Gasteiger partial charge on any atom is -0.495 e. The maximum Gasteiger partial charge on any atom is 0.264 e. The Balaban J connectivity index is 1.59. The zero-order valence-corrected chi connectivity index (χ0v) is 30.3. The molecule has 1 N–H and O–H groups in total. The lowest BCUT2D eigenvalue weighted by Gasteiger charge is -2.34. The molecule has 5 rings (SSSR count). The van der Waals surface area contributed by atoms with Gasteiger partial charge in [-0.1, -0.05) is 102 Å². The first kappa shape index (κ1) is 36.5. The van der Waals surface area contributed by atoms with Gasteiger partial charge >= 0.3 is 0 Å². The predicted octanol–water partition coefficient (Wildman–Crippen LogP) is 7.86. The number of methoxy groups -OCH3 is 1. The average molecular weight is 743 g/mol. The minimum atomic E-state index is -4.30. The Bertz CT molecular complexity index is 1890. The Morgan fingerprint density at radius 1 is 0.857 bits per heavy atom. The fourth-order valence-electron chi connectivity index (χ4n) is 5.93. The Hall–Kier alpha value is -3.76. The van der Waals surface area contributed by atoms with Gasteiger partial charge in [0, 0.05) is 19.0 Å². The van der Waals surface area contributed by atoms with Gasteiger partial charge in [0.2, 0.25) is 11.8 Å². The summed E-state index contributed by atoms with van der Waals surface area (Å²) >= 11 is 19.1. The van der Waals surface area contributed by atoms with E-state index in [1.165, 1.54) is 36.3 Å². The highest BCUT2D eigenvalue weighted by Gasteiger charge is 2.36. The number of ether oxygens (including phenoxy) is 1. The minimum absolute atomic E-state index is 0.00585. The van der Waals surface area contributed by atoms with E-state index in [2.05, 4.69) is 5.32 Å². The number of rotatable bonds is 13. The number of anilines is 1. The molecule has 1 fully saturated rings. The topological polar surface area (TPSA) is 96.0 Å². The molecule has 0 saturated heterocycles. The van der Waals surface area contributed by atoms with Crippen molar-refractivity contribution in [3.63, 3.8) is 0 Å². The highest BCUT2D eigenvalue weighted by molar-refractivity contribution is 7.92. The van der Waals surface area contributed by atoms with E-state index >= 15 is 0 Å². The van der Waals surface area contributed by atoms with Crippen LogP contribution in [0.3, 0.4) is 0 Å². The van der Waals surface area contributed by atoms with Crippen LogP contribution in [0.2, 0.25) is 15.1 Å². The Labute approximate surface area is 303 Å². The lowest BCUT2D eigenvalue weighted by Crippen LogP contribution is -2.54. The lowest BCUT2D eigenvalue weighted by atomic mass is 10.0. The summed E-state index contributed by atoms with van der Waals surface area (Å²) in [7, 11) is -2.84. The van der Waals surface area contributed by atoms with E-state index in [0.29, 0.717) is 16.3 Å². The molecule has 0 radical (unpaired) electrons. The summed E-state index contributed by atoms with van der Waals surface area (Å²) in [6.45, 7) is 1.20. The molecule has 1 aliphatic rings. The molecular formula is C37H38Cl3N3O5S. The van der Waals surface area contributed by atoms with Gasteiger partial charge in [0.15, 0.2) is 0 Å². The molecule has 1 atom stereocenters. The first-order valence-electron chi connectivity index (χ1n) is 16.0. The highest BCUT2D eigenvalue weighted by atomic mass is 35.5. The van der Waals surface area contributed by atoms with E-state index < -0.39 is 28.5 Å². The van der Waals surface area contributed by atoms with E-state index in [0.717, 1.165) is 41.1 Å². The van der Waals surface area contributed by atoms with Gasteiger partial charge < -0.3 is 15.0 Å². The standard InChI is InChI=1S/C37H38Cl3N3O5S/c1-25-12-16-30(17-13-25)49(46,47)43(29-15-19-35(48-2)33(40)22-29)24-36(44)42(23-27-14-18-31(38)32(39)20-27)34(21-26-8-4-3-5-9-26)37(45)41-28-10-6-7-11-28/h3-5,8-9,12-20,22,28,34H,6-7,10-11,21,23-24H2,1-2H3,(H,41,45). The van der Waals surface area contributed by atoms with Gasteiger partial charge in [0.05, 0.1) is 32.8 Å². The van der Waals surface area contributed by atoms with Gasteiger partial charge in [0.1, 0.15) is 18.3 Å². The molecule has 0 bridgehead atoms. The molecule has 4 aromatic rings. The molecule has 12 heteroatoms. The smallest absolute Gasteiger partial charge is 0.264 e. The van der Waals surface area contributed by atoms with Crippen LogP contribution in [0.1, 0.15) is 42.4 Å². The normalized spacial score (nSPS) is 13.9. The molecular weight excluding hydrogens is 705 g/mol. The number of aryl methyl sites for hydroxylation is 1. The van der Waals surface area contributed by atoms with Crippen molar-refractivity contribution in [2.24, 2.45) is 0 Å². The Morgan fingerprint density at radius 2 is 1.55 bits per heavy atom. The predicted molar refractivity (Wildman–Crippen MR) is 195 cm³/mol. The molecule has 2 amide bonds. The maximum absolute atomic E-state index is 14.7. The summed E-state index contributed by atoms with van der Waals surface area (Å²) in [5.74, 6) is -0.571. The number of hydrogen-bond acceptors (Lipinski definition) is 5. The van der Waals surface area contributed by atoms with Crippen molar-refractivity contribution >= 4 is 62.3 Å². The number of sulfonamides is 1. The van der Waals surface area contributed by atoms with Crippen LogP contribution in [0.25, 0.3) is 0 Å². The molecule has 1 aliphatic carbocycles. The third-order valence-corrected chi connectivity index (χ3v) is 11.4. The largest absolute Gasteiger partial charge is 0.495 e. The molecule has 258 valence electrons. The van der Waals surface area contributed by atoms with E-state index in [1.807, 2.05) is 37.3 Å². The number of carbonyl (C=O) groups excluding carboxylic acids is 2. The lowest BCUT2D eigenvalue weighted by molar-refractivity contribution is -0.140. The van der Waals surface area contributed by atoms with E-state index in [1.54, 1.807) is 36.4 Å². The zero-order chi connectivity index (χ0) is 35.1. The molecule has 1 saturated carbocycles. The number of benzene rings is 4. The number of carbonyl (C=O) groups is 2. The third-order valence-electron chi connectivity index (χ3n) is 8.62. The first-order valence-corrected chi connectivity index (χ1v) is 18.5. The Kier molecular flexibility index (Phi) is 12.1. The molecule has 4 aromatic carbocycles. The summed E-state index contributed by atoms with van der Waals surface area (Å²) in [5, 5.41) is 3.97. The number of hydrogen-bond donors (Lipinski definition) is 1. The van der Waals surface area contributed by atoms with E-state index in [4.69, 9.17) is 39.5 Å². The van der Waals surface area contributed by atoms with Crippen LogP contribution in [0.5, 0.6) is 5.75 Å². The summed E-state index contributed by atoms with van der Waals surface area (Å²) < 4.78 is 34.9. The fraction of sp³-hybridized carbons (Fsp3) is 0.297. The van der Waals surface area contributed by atoms with Crippen LogP contribution >= 0.6 is 34.8 Å². The van der Waals surface area contributed by atoms with Gasteiger partial charge in [0.25, 0.3) is 10.0 Å². The van der Waals surface area contributed by atoms with Gasteiger partial charge in [-0.15, -0.1) is 0 Å². The summed E-state index contributed by atoms with van der Waals surface area (Å²) in [6, 6.07) is 24.3. The number of nitrogens with zero attached hydrogens (tertiary/aromatic N) is 2. The molecule has 0 aromatic heterocycles. The number of halogens is 3. The van der Waals surface area contributed by atoms with Gasteiger partial charge in [-0.05, 0) is 73.4 Å². The highest BCUT2D eigenvalue weighted by Crippen LogP contribution is 2.33. The van der Waals surface area contributed by atoms with Gasteiger partial charge in [-0.25, -0.2) is 8.42 Å². The summed E-state index contributed by atoms with van der Waals surface area (Å²) in [5.41, 5.74) is 2.49. The number of nitrogens with one attached hydrogen (secondary N) is 1. The summed E-state index contributed by atoms with van der Waals surface area (Å²) in [6.07, 6.45) is 3.93. The Morgan fingerprint density at radius 3 is 2.18 bits per heavy atom. The van der Waals surface area contributed by atoms with Crippen LogP contribution in [0.15, 0.2) is 95.9 Å². The molecule has 0 heterocycles. The second kappa shape index (κ2) is 16.3. The molecule has 49 heavy (non-hydrogen) atoms. The average Bonchev–Trinajstić information content (AvgIpc) is 3.60. The quantitative estimate of drug-likeness (QED) is 0.151. The van der Waals surface area contributed by atoms with Crippen LogP contribution in [-0.4, -0.2) is 50.9 Å². The third kappa shape index (κ3) is 9.08. The van der Waals surface area contributed by atoms with Crippen molar-refractivity contribution in [2.45, 2.75) is 62.6 Å². The second-order valence-corrected chi connectivity index (χ2v) is 15.2.